The normalized spacial score (nSPS) is 20.5. The van der Waals surface area contributed by atoms with Gasteiger partial charge in [-0.3, -0.25) is 28.7 Å². The van der Waals surface area contributed by atoms with Gasteiger partial charge in [0.15, 0.2) is 5.69 Å². The van der Waals surface area contributed by atoms with Crippen molar-refractivity contribution in [3.63, 3.8) is 0 Å². The molecule has 0 spiro atoms. The molecule has 1 fully saturated rings. The van der Waals surface area contributed by atoms with E-state index in [9.17, 15) is 33.1 Å². The molecule has 4 heterocycles. The number of nitrogens with one attached hydrogen (secondary N) is 2. The van der Waals surface area contributed by atoms with E-state index in [4.69, 9.17) is 0 Å². The second kappa shape index (κ2) is 9.39. The maximum absolute atomic E-state index is 13.8. The van der Waals surface area contributed by atoms with E-state index in [1.165, 1.54) is 18.7 Å². The predicted octanol–water partition coefficient (Wildman–Crippen LogP) is 0.0224. The molecule has 13 heteroatoms. The summed E-state index contributed by atoms with van der Waals surface area (Å²) in [6, 6.07) is 0.120. The lowest BCUT2D eigenvalue weighted by Crippen LogP contribution is -2.48. The number of amides is 3. The molecule has 0 aromatic carbocycles. The molecule has 2 aromatic heterocycles. The van der Waals surface area contributed by atoms with Crippen LogP contribution in [0.5, 0.6) is 5.75 Å². The smallest absolute Gasteiger partial charge is 0.311 e. The lowest BCUT2D eigenvalue weighted by molar-refractivity contribution is -0.144. The number of hydrogen-bond donors (Lipinski definition) is 3. The van der Waals surface area contributed by atoms with Crippen molar-refractivity contribution in [1.29, 1.82) is 0 Å². The molecule has 2 bridgehead atoms. The maximum atomic E-state index is 13.8. The van der Waals surface area contributed by atoms with Gasteiger partial charge in [0, 0.05) is 38.7 Å². The molecule has 2 aromatic rings. The molecular weight excluding hydrogens is 466 g/mol. The first-order valence-corrected chi connectivity index (χ1v) is 11.0. The molecule has 3 unspecified atom stereocenters. The Kier molecular flexibility index (Phi) is 6.50. The Morgan fingerprint density at radius 3 is 2.69 bits per heavy atom. The summed E-state index contributed by atoms with van der Waals surface area (Å²) < 4.78 is 28.2. The zero-order valence-electron chi connectivity index (χ0n) is 19.0. The fraction of sp³-hybridized carbons (Fsp3) is 0.455. The Hall–Kier alpha value is -3.90. The average Bonchev–Trinajstić information content (AvgIpc) is 3.07. The molecule has 0 radical (unpaired) electrons. The highest BCUT2D eigenvalue weighted by Crippen LogP contribution is 2.39. The Labute approximate surface area is 198 Å². The van der Waals surface area contributed by atoms with E-state index >= 15 is 0 Å². The Bertz CT molecular complexity index is 1260. The number of fused-ring (bicyclic) bond motifs is 2. The van der Waals surface area contributed by atoms with Gasteiger partial charge in [0.25, 0.3) is 11.5 Å². The lowest BCUT2D eigenvalue weighted by atomic mass is 9.79. The summed E-state index contributed by atoms with van der Waals surface area (Å²) in [6.07, 6.45) is 2.58. The predicted molar refractivity (Wildman–Crippen MR) is 116 cm³/mol. The standard InChI is InChI=1S/C22H24F2N6O5/c1-29(2)22(35)20(33)27-14-5-10-3-4-12(14)18-28-16(17(31)21(34)30(18)9-10)19(32)26-8-15-13(24)6-11(23)7-25-15/h6-7,10,12,14,31H,3-5,8-9H2,1-2H3,(H,26,32)(H,27,33). The molecule has 3 N–H and O–H groups in total. The summed E-state index contributed by atoms with van der Waals surface area (Å²) in [4.78, 5) is 59.1. The van der Waals surface area contributed by atoms with Gasteiger partial charge in [-0.25, -0.2) is 13.8 Å². The van der Waals surface area contributed by atoms with Crippen LogP contribution in [0.1, 0.15) is 47.2 Å². The SMILES string of the molecule is CN(C)C(=O)C(=O)NC1CC2CCC1c1nc(C(=O)NCc3ncc(F)cc3F)c(O)c(=O)n1C2. The first-order chi connectivity index (χ1) is 16.6. The number of aromatic nitrogens is 3. The molecule has 1 aliphatic carbocycles. The second-order valence-electron chi connectivity index (χ2n) is 8.91. The fourth-order valence-electron chi connectivity index (χ4n) is 4.58. The molecule has 0 saturated heterocycles. The van der Waals surface area contributed by atoms with E-state index in [0.717, 1.165) is 17.5 Å². The minimum absolute atomic E-state index is 0.00152. The molecule has 11 nitrogen and oxygen atoms in total. The third kappa shape index (κ3) is 4.70. The van der Waals surface area contributed by atoms with E-state index < -0.39 is 64.9 Å². The van der Waals surface area contributed by atoms with E-state index in [1.54, 1.807) is 0 Å². The first kappa shape index (κ1) is 24.2. The van der Waals surface area contributed by atoms with Crippen molar-refractivity contribution >= 4 is 17.7 Å². The van der Waals surface area contributed by atoms with Crippen LogP contribution < -0.4 is 16.2 Å². The highest BCUT2D eigenvalue weighted by Gasteiger charge is 2.41. The third-order valence-corrected chi connectivity index (χ3v) is 6.34. The van der Waals surface area contributed by atoms with Gasteiger partial charge in [-0.15, -0.1) is 0 Å². The summed E-state index contributed by atoms with van der Waals surface area (Å²) in [5.41, 5.74) is -1.60. The van der Waals surface area contributed by atoms with Gasteiger partial charge in [0.2, 0.25) is 5.75 Å². The van der Waals surface area contributed by atoms with Crippen LogP contribution in [0, 0.1) is 17.6 Å². The van der Waals surface area contributed by atoms with Crippen molar-refractivity contribution in [3.8, 4) is 5.75 Å². The van der Waals surface area contributed by atoms with Crippen LogP contribution in [-0.4, -0.2) is 62.4 Å². The minimum atomic E-state index is -0.965. The highest BCUT2D eigenvalue weighted by molar-refractivity contribution is 6.34. The molecule has 5 rings (SSSR count). The number of aromatic hydroxyl groups is 1. The van der Waals surface area contributed by atoms with Crippen LogP contribution in [0.3, 0.4) is 0 Å². The van der Waals surface area contributed by atoms with Gasteiger partial charge in [0.05, 0.1) is 18.4 Å². The molecule has 2 aliphatic heterocycles. The van der Waals surface area contributed by atoms with Crippen molar-refractivity contribution in [3.05, 3.63) is 51.5 Å². The Balaban J connectivity index is 1.62. The fourth-order valence-corrected chi connectivity index (χ4v) is 4.58. The number of likely N-dealkylation sites (N-methyl/N-ethyl adjacent to an activating group) is 1. The average molecular weight is 490 g/mol. The number of hydrogen-bond acceptors (Lipinski definition) is 7. The molecular formula is C22H24F2N6O5. The Morgan fingerprint density at radius 2 is 2.00 bits per heavy atom. The largest absolute Gasteiger partial charge is 0.501 e. The van der Waals surface area contributed by atoms with Gasteiger partial charge in [-0.05, 0) is 25.2 Å². The number of halogens is 2. The molecule has 3 aliphatic rings. The lowest BCUT2D eigenvalue weighted by Gasteiger charge is -2.32. The number of nitrogens with zero attached hydrogens (tertiary/aromatic N) is 4. The van der Waals surface area contributed by atoms with Crippen LogP contribution in [0.25, 0.3) is 0 Å². The molecule has 1 saturated carbocycles. The number of carbonyl (C=O) groups is 3. The van der Waals surface area contributed by atoms with Gasteiger partial charge in [0.1, 0.15) is 17.5 Å². The van der Waals surface area contributed by atoms with Gasteiger partial charge >= 0.3 is 11.8 Å². The van der Waals surface area contributed by atoms with Gasteiger partial charge < -0.3 is 20.6 Å². The van der Waals surface area contributed by atoms with Crippen LogP contribution >= 0.6 is 0 Å². The van der Waals surface area contributed by atoms with Gasteiger partial charge in [-0.1, -0.05) is 0 Å². The topological polar surface area (TPSA) is 147 Å². The van der Waals surface area contributed by atoms with E-state index in [-0.39, 0.29) is 24.0 Å². The van der Waals surface area contributed by atoms with Crippen molar-refractivity contribution < 1.29 is 28.3 Å². The van der Waals surface area contributed by atoms with Crippen LogP contribution in [0.15, 0.2) is 17.1 Å². The van der Waals surface area contributed by atoms with Crippen molar-refractivity contribution in [2.24, 2.45) is 5.92 Å². The second-order valence-corrected chi connectivity index (χ2v) is 8.91. The monoisotopic (exact) mass is 490 g/mol. The number of rotatable bonds is 4. The van der Waals surface area contributed by atoms with Gasteiger partial charge in [-0.2, -0.15) is 0 Å². The minimum Gasteiger partial charge on any atom is -0.501 e. The van der Waals surface area contributed by atoms with E-state index in [0.29, 0.717) is 18.9 Å². The van der Waals surface area contributed by atoms with Crippen molar-refractivity contribution in [2.75, 3.05) is 14.1 Å². The summed E-state index contributed by atoms with van der Waals surface area (Å²) in [5, 5.41) is 15.5. The van der Waals surface area contributed by atoms with Crippen LogP contribution in [-0.2, 0) is 22.7 Å². The summed E-state index contributed by atoms with van der Waals surface area (Å²) in [6.45, 7) is -0.187. The molecule has 186 valence electrons. The maximum Gasteiger partial charge on any atom is 0.311 e. The van der Waals surface area contributed by atoms with Crippen molar-refractivity contribution in [2.45, 2.75) is 44.3 Å². The molecule has 35 heavy (non-hydrogen) atoms. The van der Waals surface area contributed by atoms with Crippen molar-refractivity contribution in [1.82, 2.24) is 30.1 Å². The highest BCUT2D eigenvalue weighted by atomic mass is 19.1. The zero-order chi connectivity index (χ0) is 25.4. The molecule has 3 atom stereocenters. The number of pyridine rings is 1. The number of carbonyl (C=O) groups excluding carboxylic acids is 3. The summed E-state index contributed by atoms with van der Waals surface area (Å²) in [5.74, 6) is -5.41. The zero-order valence-corrected chi connectivity index (χ0v) is 19.0. The molecule has 3 amide bonds. The van der Waals surface area contributed by atoms with E-state index in [2.05, 4.69) is 20.6 Å². The Morgan fingerprint density at radius 1 is 1.26 bits per heavy atom. The quantitative estimate of drug-likeness (QED) is 0.512. The third-order valence-electron chi connectivity index (χ3n) is 6.34. The van der Waals surface area contributed by atoms with Crippen LogP contribution in [0.4, 0.5) is 8.78 Å². The van der Waals surface area contributed by atoms with Crippen LogP contribution in [0.2, 0.25) is 0 Å². The summed E-state index contributed by atoms with van der Waals surface area (Å²) in [7, 11) is 2.91. The summed E-state index contributed by atoms with van der Waals surface area (Å²) >= 11 is 0. The first-order valence-electron chi connectivity index (χ1n) is 11.0. The van der Waals surface area contributed by atoms with E-state index in [1.807, 2.05) is 0 Å².